The predicted octanol–water partition coefficient (Wildman–Crippen LogP) is 2.83. The van der Waals surface area contributed by atoms with Crippen LogP contribution in [-0.2, 0) is 0 Å². The highest BCUT2D eigenvalue weighted by molar-refractivity contribution is 4.81. The minimum Gasteiger partial charge on any atom is -0.393 e. The van der Waals surface area contributed by atoms with Gasteiger partial charge < -0.3 is 5.11 Å². The minimum atomic E-state index is -0.0299. The molecule has 0 aliphatic heterocycles. The van der Waals surface area contributed by atoms with Crippen LogP contribution >= 0.6 is 0 Å². The van der Waals surface area contributed by atoms with Gasteiger partial charge in [0.1, 0.15) is 0 Å². The van der Waals surface area contributed by atoms with Crippen molar-refractivity contribution in [2.75, 3.05) is 0 Å². The summed E-state index contributed by atoms with van der Waals surface area (Å²) < 4.78 is 0. The quantitative estimate of drug-likeness (QED) is 0.675. The van der Waals surface area contributed by atoms with Gasteiger partial charge in [0.25, 0.3) is 0 Å². The summed E-state index contributed by atoms with van der Waals surface area (Å²) in [5.41, 5.74) is 0. The SMILES string of the molecule is CC[C@@H](C)C1CCCC(O)C1C. The molecular formula is C11H22O. The lowest BCUT2D eigenvalue weighted by Gasteiger charge is -2.36. The molecule has 0 heterocycles. The Morgan fingerprint density at radius 1 is 1.42 bits per heavy atom. The summed E-state index contributed by atoms with van der Waals surface area (Å²) in [6.07, 6.45) is 4.79. The number of rotatable bonds is 2. The molecule has 4 atom stereocenters. The molecule has 1 aliphatic carbocycles. The van der Waals surface area contributed by atoms with Crippen LogP contribution in [0.1, 0.15) is 46.5 Å². The second-order valence-electron chi connectivity index (χ2n) is 4.41. The van der Waals surface area contributed by atoms with E-state index in [2.05, 4.69) is 20.8 Å². The smallest absolute Gasteiger partial charge is 0.0568 e. The predicted molar refractivity (Wildman–Crippen MR) is 52.0 cm³/mol. The van der Waals surface area contributed by atoms with Crippen molar-refractivity contribution in [1.29, 1.82) is 0 Å². The van der Waals surface area contributed by atoms with E-state index < -0.39 is 0 Å². The molecule has 1 N–H and O–H groups in total. The lowest BCUT2D eigenvalue weighted by atomic mass is 9.72. The largest absolute Gasteiger partial charge is 0.393 e. The molecule has 1 heteroatoms. The third kappa shape index (κ3) is 2.01. The standard InChI is InChI=1S/C11H22O/c1-4-8(2)10-6-5-7-11(12)9(10)3/h8-12H,4-7H2,1-3H3/t8-,9?,10?,11?/m1/s1. The van der Waals surface area contributed by atoms with Crippen molar-refractivity contribution < 1.29 is 5.11 Å². The zero-order chi connectivity index (χ0) is 9.14. The molecule has 72 valence electrons. The van der Waals surface area contributed by atoms with Crippen molar-refractivity contribution in [2.24, 2.45) is 17.8 Å². The Hall–Kier alpha value is -0.0400. The normalized spacial score (nSPS) is 39.5. The summed E-state index contributed by atoms with van der Waals surface area (Å²) in [5, 5.41) is 9.69. The van der Waals surface area contributed by atoms with Crippen LogP contribution in [0.25, 0.3) is 0 Å². The maximum Gasteiger partial charge on any atom is 0.0568 e. The highest BCUT2D eigenvalue weighted by Crippen LogP contribution is 2.36. The van der Waals surface area contributed by atoms with Crippen LogP contribution in [0.15, 0.2) is 0 Å². The van der Waals surface area contributed by atoms with E-state index in [4.69, 9.17) is 0 Å². The average Bonchev–Trinajstić information content (AvgIpc) is 2.08. The number of hydrogen-bond acceptors (Lipinski definition) is 1. The summed E-state index contributed by atoms with van der Waals surface area (Å²) in [4.78, 5) is 0. The molecule has 0 aromatic rings. The fraction of sp³-hybridized carbons (Fsp3) is 1.00. The Bertz CT molecular complexity index is 133. The van der Waals surface area contributed by atoms with Gasteiger partial charge in [0.2, 0.25) is 0 Å². The van der Waals surface area contributed by atoms with Crippen molar-refractivity contribution in [1.82, 2.24) is 0 Å². The van der Waals surface area contributed by atoms with Crippen LogP contribution in [0.3, 0.4) is 0 Å². The van der Waals surface area contributed by atoms with Crippen LogP contribution < -0.4 is 0 Å². The minimum absolute atomic E-state index is 0.0299. The van der Waals surface area contributed by atoms with Gasteiger partial charge in [-0.25, -0.2) is 0 Å². The molecule has 1 fully saturated rings. The summed E-state index contributed by atoms with van der Waals surface area (Å²) in [5.74, 6) is 2.07. The van der Waals surface area contributed by atoms with Crippen LogP contribution in [0.2, 0.25) is 0 Å². The van der Waals surface area contributed by atoms with Crippen LogP contribution in [0.4, 0.5) is 0 Å². The Morgan fingerprint density at radius 2 is 2.08 bits per heavy atom. The fourth-order valence-electron chi connectivity index (χ4n) is 2.48. The molecule has 0 radical (unpaired) electrons. The second kappa shape index (κ2) is 4.27. The van der Waals surface area contributed by atoms with E-state index in [1.54, 1.807) is 0 Å². The van der Waals surface area contributed by atoms with E-state index in [1.807, 2.05) is 0 Å². The highest BCUT2D eigenvalue weighted by Gasteiger charge is 2.31. The van der Waals surface area contributed by atoms with Gasteiger partial charge in [-0.2, -0.15) is 0 Å². The molecule has 3 unspecified atom stereocenters. The van der Waals surface area contributed by atoms with Crippen molar-refractivity contribution in [2.45, 2.75) is 52.6 Å². The van der Waals surface area contributed by atoms with E-state index >= 15 is 0 Å². The van der Waals surface area contributed by atoms with Gasteiger partial charge in [0.05, 0.1) is 6.10 Å². The first-order valence-corrected chi connectivity index (χ1v) is 5.34. The van der Waals surface area contributed by atoms with Gasteiger partial charge in [0.15, 0.2) is 0 Å². The Morgan fingerprint density at radius 3 is 2.67 bits per heavy atom. The second-order valence-corrected chi connectivity index (χ2v) is 4.41. The molecule has 0 amide bonds. The van der Waals surface area contributed by atoms with Crippen molar-refractivity contribution in [3.63, 3.8) is 0 Å². The molecule has 0 bridgehead atoms. The maximum absolute atomic E-state index is 9.69. The number of aliphatic hydroxyl groups is 1. The van der Waals surface area contributed by atoms with E-state index in [-0.39, 0.29) is 6.10 Å². The monoisotopic (exact) mass is 170 g/mol. The van der Waals surface area contributed by atoms with Crippen molar-refractivity contribution >= 4 is 0 Å². The topological polar surface area (TPSA) is 20.2 Å². The molecule has 1 saturated carbocycles. The molecule has 12 heavy (non-hydrogen) atoms. The lowest BCUT2D eigenvalue weighted by molar-refractivity contribution is 0.0225. The molecule has 0 spiro atoms. The van der Waals surface area contributed by atoms with Gasteiger partial charge in [-0.05, 0) is 30.6 Å². The fourth-order valence-corrected chi connectivity index (χ4v) is 2.48. The summed E-state index contributed by atoms with van der Waals surface area (Å²) in [6, 6.07) is 0. The number of aliphatic hydroxyl groups excluding tert-OH is 1. The van der Waals surface area contributed by atoms with E-state index in [0.29, 0.717) is 5.92 Å². The maximum atomic E-state index is 9.69. The zero-order valence-electron chi connectivity index (χ0n) is 8.59. The molecule has 0 saturated heterocycles. The summed E-state index contributed by atoms with van der Waals surface area (Å²) >= 11 is 0. The Labute approximate surface area is 76.2 Å². The highest BCUT2D eigenvalue weighted by atomic mass is 16.3. The van der Waals surface area contributed by atoms with E-state index in [9.17, 15) is 5.11 Å². The molecule has 1 rings (SSSR count). The molecule has 0 aromatic carbocycles. The molecule has 1 aliphatic rings. The van der Waals surface area contributed by atoms with Gasteiger partial charge in [-0.15, -0.1) is 0 Å². The van der Waals surface area contributed by atoms with Crippen molar-refractivity contribution in [3.05, 3.63) is 0 Å². The Kier molecular flexibility index (Phi) is 3.57. The van der Waals surface area contributed by atoms with Crippen LogP contribution in [-0.4, -0.2) is 11.2 Å². The summed E-state index contributed by atoms with van der Waals surface area (Å²) in [6.45, 7) is 6.78. The Balaban J connectivity index is 2.51. The van der Waals surface area contributed by atoms with Gasteiger partial charge in [0, 0.05) is 0 Å². The third-order valence-electron chi connectivity index (χ3n) is 3.69. The van der Waals surface area contributed by atoms with E-state index in [0.717, 1.165) is 18.3 Å². The lowest BCUT2D eigenvalue weighted by Crippen LogP contribution is -2.33. The van der Waals surface area contributed by atoms with Crippen molar-refractivity contribution in [3.8, 4) is 0 Å². The molecule has 0 aromatic heterocycles. The van der Waals surface area contributed by atoms with Gasteiger partial charge in [-0.1, -0.05) is 33.6 Å². The zero-order valence-corrected chi connectivity index (χ0v) is 8.59. The van der Waals surface area contributed by atoms with Crippen LogP contribution in [0, 0.1) is 17.8 Å². The third-order valence-corrected chi connectivity index (χ3v) is 3.69. The first-order valence-electron chi connectivity index (χ1n) is 5.34. The number of hydrogen-bond donors (Lipinski definition) is 1. The molecule has 1 nitrogen and oxygen atoms in total. The average molecular weight is 170 g/mol. The molecular weight excluding hydrogens is 148 g/mol. The van der Waals surface area contributed by atoms with Crippen LogP contribution in [0.5, 0.6) is 0 Å². The summed E-state index contributed by atoms with van der Waals surface area (Å²) in [7, 11) is 0. The first kappa shape index (κ1) is 10.0. The first-order chi connectivity index (χ1) is 5.66. The van der Waals surface area contributed by atoms with E-state index in [1.165, 1.54) is 19.3 Å². The van der Waals surface area contributed by atoms with Gasteiger partial charge in [-0.3, -0.25) is 0 Å². The van der Waals surface area contributed by atoms with Gasteiger partial charge >= 0.3 is 0 Å².